The van der Waals surface area contributed by atoms with Crippen molar-refractivity contribution in [2.75, 3.05) is 6.54 Å². The molecule has 1 aliphatic heterocycles. The van der Waals surface area contributed by atoms with Crippen molar-refractivity contribution >= 4 is 41.0 Å². The van der Waals surface area contributed by atoms with Gasteiger partial charge in [0.15, 0.2) is 0 Å². The summed E-state index contributed by atoms with van der Waals surface area (Å²) in [7, 11) is 0. The topological polar surface area (TPSA) is 105 Å². The Hall–Kier alpha value is -3.67. The van der Waals surface area contributed by atoms with Crippen LogP contribution in [0.1, 0.15) is 37.7 Å². The lowest BCUT2D eigenvalue weighted by atomic mass is 10.1. The molecular weight excluding hydrogens is 455 g/mol. The van der Waals surface area contributed by atoms with Crippen molar-refractivity contribution in [2.45, 2.75) is 13.5 Å². The lowest BCUT2D eigenvalue weighted by molar-refractivity contribution is -0.145. The highest BCUT2D eigenvalue weighted by Gasteiger charge is 2.38. The predicted octanol–water partition coefficient (Wildman–Crippen LogP) is 3.70. The SMILES string of the molecule is Cc1nn(-c2ccccc2)c(COC(=O)CN2C(=O)c3cc(Cl)c(Cl)cc3C2=O)c1C#N. The smallest absolute Gasteiger partial charge is 0.326 e. The van der Waals surface area contributed by atoms with E-state index in [1.165, 1.54) is 16.8 Å². The minimum Gasteiger partial charge on any atom is -0.458 e. The average molecular weight is 469 g/mol. The van der Waals surface area contributed by atoms with Crippen LogP contribution in [0.3, 0.4) is 0 Å². The van der Waals surface area contributed by atoms with Crippen molar-refractivity contribution in [1.82, 2.24) is 14.7 Å². The molecule has 0 aliphatic carbocycles. The number of nitriles is 1. The first-order valence-electron chi connectivity index (χ1n) is 9.36. The molecule has 0 atom stereocenters. The summed E-state index contributed by atoms with van der Waals surface area (Å²) in [5, 5.41) is 14.1. The van der Waals surface area contributed by atoms with E-state index in [2.05, 4.69) is 11.2 Å². The minimum atomic E-state index is -0.820. The number of hydrogen-bond acceptors (Lipinski definition) is 6. The molecule has 0 saturated carbocycles. The number of amides is 2. The van der Waals surface area contributed by atoms with Gasteiger partial charge in [0.25, 0.3) is 11.8 Å². The van der Waals surface area contributed by atoms with Gasteiger partial charge in [0.2, 0.25) is 0 Å². The number of halogens is 2. The van der Waals surface area contributed by atoms with Crippen LogP contribution in [-0.2, 0) is 16.1 Å². The van der Waals surface area contributed by atoms with Crippen LogP contribution in [0, 0.1) is 18.3 Å². The number of hydrogen-bond donors (Lipinski definition) is 0. The van der Waals surface area contributed by atoms with Crippen molar-refractivity contribution < 1.29 is 19.1 Å². The van der Waals surface area contributed by atoms with Crippen molar-refractivity contribution in [2.24, 2.45) is 0 Å². The molecular formula is C22H14Cl2N4O4. The number of ether oxygens (including phenoxy) is 1. The second-order valence-corrected chi connectivity index (χ2v) is 7.75. The van der Waals surface area contributed by atoms with Gasteiger partial charge in [-0.05, 0) is 31.2 Å². The number of fused-ring (bicyclic) bond motifs is 1. The molecule has 2 amide bonds. The van der Waals surface area contributed by atoms with Crippen LogP contribution in [0.5, 0.6) is 0 Å². The molecule has 3 aromatic rings. The summed E-state index contributed by atoms with van der Waals surface area (Å²) in [6.07, 6.45) is 0. The first-order chi connectivity index (χ1) is 15.3. The van der Waals surface area contributed by atoms with Gasteiger partial charge in [0.1, 0.15) is 24.8 Å². The van der Waals surface area contributed by atoms with E-state index in [-0.39, 0.29) is 33.3 Å². The molecule has 1 aliphatic rings. The minimum absolute atomic E-state index is 0.0711. The molecule has 0 spiro atoms. The summed E-state index contributed by atoms with van der Waals surface area (Å²) >= 11 is 11.9. The summed E-state index contributed by atoms with van der Waals surface area (Å²) in [5.74, 6) is -2.15. The molecule has 2 aromatic carbocycles. The van der Waals surface area contributed by atoms with E-state index in [1.54, 1.807) is 19.1 Å². The zero-order chi connectivity index (χ0) is 23.0. The molecule has 1 aromatic heterocycles. The number of nitrogens with zero attached hydrogens (tertiary/aromatic N) is 4. The Bertz CT molecular complexity index is 1270. The summed E-state index contributed by atoms with van der Waals surface area (Å²) in [6, 6.07) is 13.7. The normalized spacial score (nSPS) is 12.6. The van der Waals surface area contributed by atoms with Gasteiger partial charge in [-0.15, -0.1) is 0 Å². The highest BCUT2D eigenvalue weighted by Crippen LogP contribution is 2.31. The van der Waals surface area contributed by atoms with Crippen LogP contribution < -0.4 is 0 Å². The number of para-hydroxylation sites is 1. The summed E-state index contributed by atoms with van der Waals surface area (Å²) in [4.78, 5) is 38.4. The van der Waals surface area contributed by atoms with Crippen molar-refractivity contribution in [3.05, 3.63) is 80.6 Å². The fraction of sp³-hybridized carbons (Fsp3) is 0.136. The predicted molar refractivity (Wildman–Crippen MR) is 115 cm³/mol. The number of aryl methyl sites for hydroxylation is 1. The molecule has 160 valence electrons. The first kappa shape index (κ1) is 21.6. The Morgan fingerprint density at radius 2 is 1.69 bits per heavy atom. The monoisotopic (exact) mass is 468 g/mol. The molecule has 0 radical (unpaired) electrons. The molecule has 10 heteroatoms. The van der Waals surface area contributed by atoms with Gasteiger partial charge >= 0.3 is 5.97 Å². The lowest BCUT2D eigenvalue weighted by Gasteiger charge is -2.13. The van der Waals surface area contributed by atoms with Crippen LogP contribution >= 0.6 is 23.2 Å². The van der Waals surface area contributed by atoms with Gasteiger partial charge in [-0.25, -0.2) is 4.68 Å². The number of imide groups is 1. The number of carbonyl (C=O) groups is 3. The van der Waals surface area contributed by atoms with Gasteiger partial charge in [0, 0.05) is 0 Å². The molecule has 0 unspecified atom stereocenters. The largest absolute Gasteiger partial charge is 0.458 e. The maximum absolute atomic E-state index is 12.6. The third-order valence-corrected chi connectivity index (χ3v) is 5.66. The zero-order valence-corrected chi connectivity index (χ0v) is 18.1. The Balaban J connectivity index is 1.52. The van der Waals surface area contributed by atoms with Crippen LogP contribution in [-0.4, -0.2) is 39.0 Å². The Kier molecular flexibility index (Phi) is 5.70. The van der Waals surface area contributed by atoms with Crippen molar-refractivity contribution in [3.63, 3.8) is 0 Å². The van der Waals surface area contributed by atoms with E-state index in [1.807, 2.05) is 18.2 Å². The molecule has 0 saturated heterocycles. The van der Waals surface area contributed by atoms with E-state index in [9.17, 15) is 19.6 Å². The second kappa shape index (κ2) is 8.46. The lowest BCUT2D eigenvalue weighted by Crippen LogP contribution is -2.35. The first-order valence-corrected chi connectivity index (χ1v) is 10.1. The molecule has 0 N–H and O–H groups in total. The maximum Gasteiger partial charge on any atom is 0.326 e. The number of rotatable bonds is 5. The van der Waals surface area contributed by atoms with Crippen molar-refractivity contribution in [3.8, 4) is 11.8 Å². The fourth-order valence-electron chi connectivity index (χ4n) is 3.39. The maximum atomic E-state index is 12.6. The van der Waals surface area contributed by atoms with Gasteiger partial charge in [-0.3, -0.25) is 19.3 Å². The summed E-state index contributed by atoms with van der Waals surface area (Å²) in [6.45, 7) is 0.818. The highest BCUT2D eigenvalue weighted by atomic mass is 35.5. The quantitative estimate of drug-likeness (QED) is 0.417. The molecule has 2 heterocycles. The van der Waals surface area contributed by atoms with Gasteiger partial charge in [0.05, 0.1) is 38.2 Å². The fourth-order valence-corrected chi connectivity index (χ4v) is 3.71. The van der Waals surface area contributed by atoms with Crippen LogP contribution in [0.15, 0.2) is 42.5 Å². The molecule has 0 bridgehead atoms. The Labute approximate surface area is 192 Å². The highest BCUT2D eigenvalue weighted by molar-refractivity contribution is 6.43. The Morgan fingerprint density at radius 3 is 2.25 bits per heavy atom. The molecule has 8 nitrogen and oxygen atoms in total. The van der Waals surface area contributed by atoms with Gasteiger partial charge < -0.3 is 4.74 Å². The van der Waals surface area contributed by atoms with Gasteiger partial charge in [-0.1, -0.05) is 41.4 Å². The standard InChI is InChI=1S/C22H14Cl2N4O4/c1-12-16(9-25)19(28(26-12)13-5-3-2-4-6-13)11-32-20(29)10-27-21(30)14-7-17(23)18(24)8-15(14)22(27)31/h2-8H,10-11H2,1H3. The summed E-state index contributed by atoms with van der Waals surface area (Å²) in [5.41, 5.74) is 1.98. The number of aromatic nitrogens is 2. The molecule has 4 rings (SSSR count). The second-order valence-electron chi connectivity index (χ2n) is 6.94. The van der Waals surface area contributed by atoms with Crippen LogP contribution in [0.25, 0.3) is 5.69 Å². The van der Waals surface area contributed by atoms with E-state index >= 15 is 0 Å². The molecule has 32 heavy (non-hydrogen) atoms. The van der Waals surface area contributed by atoms with Crippen LogP contribution in [0.2, 0.25) is 10.0 Å². The zero-order valence-electron chi connectivity index (χ0n) is 16.6. The van der Waals surface area contributed by atoms with E-state index in [0.717, 1.165) is 4.90 Å². The third kappa shape index (κ3) is 3.73. The molecule has 0 fully saturated rings. The Morgan fingerprint density at radius 1 is 1.09 bits per heavy atom. The van der Waals surface area contributed by atoms with E-state index in [4.69, 9.17) is 27.9 Å². The number of esters is 1. The van der Waals surface area contributed by atoms with Gasteiger partial charge in [-0.2, -0.15) is 10.4 Å². The van der Waals surface area contributed by atoms with Crippen LogP contribution in [0.4, 0.5) is 0 Å². The number of carbonyl (C=O) groups excluding carboxylic acids is 3. The van der Waals surface area contributed by atoms with Crippen molar-refractivity contribution in [1.29, 1.82) is 5.26 Å². The third-order valence-electron chi connectivity index (χ3n) is 4.94. The van der Waals surface area contributed by atoms with E-state index < -0.39 is 24.3 Å². The number of benzene rings is 2. The average Bonchev–Trinajstić information content (AvgIpc) is 3.22. The summed E-state index contributed by atoms with van der Waals surface area (Å²) < 4.78 is 6.82. The van der Waals surface area contributed by atoms with E-state index in [0.29, 0.717) is 17.1 Å².